The van der Waals surface area contributed by atoms with Crippen molar-refractivity contribution in [2.45, 2.75) is 57.7 Å². The molecule has 0 amide bonds. The summed E-state index contributed by atoms with van der Waals surface area (Å²) >= 11 is 0. The van der Waals surface area contributed by atoms with Crippen LogP contribution in [-0.2, 0) is 0 Å². The van der Waals surface area contributed by atoms with E-state index in [1.807, 2.05) is 12.1 Å². The summed E-state index contributed by atoms with van der Waals surface area (Å²) in [6.07, 6.45) is 8.53. The molecule has 2 aromatic rings. The number of nitrogens with one attached hydrogen (secondary N) is 1. The van der Waals surface area contributed by atoms with E-state index >= 15 is 0 Å². The number of aromatic hydroxyl groups is 1. The van der Waals surface area contributed by atoms with E-state index in [0.717, 1.165) is 18.5 Å². The molecule has 0 saturated carbocycles. The van der Waals surface area contributed by atoms with E-state index in [0.29, 0.717) is 11.4 Å². The lowest BCUT2D eigenvalue weighted by Gasteiger charge is -2.52. The lowest BCUT2D eigenvalue weighted by Crippen LogP contribution is -2.59. The molecule has 3 rings (SSSR count). The second-order valence-electron chi connectivity index (χ2n) is 9.20. The first-order valence-electron chi connectivity index (χ1n) is 10.2. The fraction of sp³-hybridized carbons (Fsp3) is 0.435. The van der Waals surface area contributed by atoms with E-state index in [2.05, 4.69) is 44.7 Å². The number of nitrogens with zero attached hydrogens (tertiary/aromatic N) is 4. The maximum atomic E-state index is 10.3. The van der Waals surface area contributed by atoms with E-state index < -0.39 is 0 Å². The number of hydrogen-bond acceptors (Lipinski definition) is 5. The van der Waals surface area contributed by atoms with E-state index in [-0.39, 0.29) is 28.6 Å². The van der Waals surface area contributed by atoms with Gasteiger partial charge in [-0.2, -0.15) is 5.10 Å². The Morgan fingerprint density at radius 2 is 1.90 bits per heavy atom. The number of hydrogen-bond donors (Lipinski definition) is 3. The molecule has 7 heteroatoms. The van der Waals surface area contributed by atoms with Crippen molar-refractivity contribution in [2.75, 3.05) is 7.05 Å². The van der Waals surface area contributed by atoms with Crippen LogP contribution in [0.1, 0.15) is 46.1 Å². The first-order valence-corrected chi connectivity index (χ1v) is 10.2. The van der Waals surface area contributed by atoms with Crippen molar-refractivity contribution in [1.82, 2.24) is 14.7 Å². The third-order valence-electron chi connectivity index (χ3n) is 6.08. The smallest absolute Gasteiger partial charge is 0.127 e. The molecule has 1 aromatic heterocycles. The molecule has 2 heterocycles. The number of allylic oxidation sites excluding steroid dienone is 1. The minimum absolute atomic E-state index is 0.0203. The molecule has 0 unspecified atom stereocenters. The van der Waals surface area contributed by atoms with Gasteiger partial charge >= 0.3 is 0 Å². The quantitative estimate of drug-likeness (QED) is 0.520. The van der Waals surface area contributed by atoms with Gasteiger partial charge in [-0.15, -0.1) is 0 Å². The highest BCUT2D eigenvalue weighted by Crippen LogP contribution is 2.38. The van der Waals surface area contributed by atoms with E-state index in [1.165, 1.54) is 0 Å². The molecule has 1 saturated heterocycles. The average molecular weight is 409 g/mol. The lowest BCUT2D eigenvalue weighted by molar-refractivity contribution is -0.0107. The Bertz CT molecular complexity index is 954. The molecule has 1 aliphatic rings. The Labute approximate surface area is 178 Å². The summed E-state index contributed by atoms with van der Waals surface area (Å²) < 4.78 is 1.65. The predicted molar refractivity (Wildman–Crippen MR) is 122 cm³/mol. The summed E-state index contributed by atoms with van der Waals surface area (Å²) in [4.78, 5) is 7.11. The van der Waals surface area contributed by atoms with Crippen LogP contribution < -0.4 is 5.73 Å². The van der Waals surface area contributed by atoms with Crippen molar-refractivity contribution in [2.24, 2.45) is 10.7 Å². The maximum absolute atomic E-state index is 10.3. The number of amidine groups is 1. The highest BCUT2D eigenvalue weighted by molar-refractivity contribution is 6.11. The third kappa shape index (κ3) is 4.62. The van der Waals surface area contributed by atoms with E-state index in [1.54, 1.807) is 41.4 Å². The number of phenolic OH excluding ortho intramolecular Hbond substituents is 1. The van der Waals surface area contributed by atoms with Crippen LogP contribution in [0.4, 0.5) is 0 Å². The van der Waals surface area contributed by atoms with Crippen molar-refractivity contribution in [3.63, 3.8) is 0 Å². The second kappa shape index (κ2) is 8.07. The van der Waals surface area contributed by atoms with Crippen LogP contribution in [0.3, 0.4) is 0 Å². The summed E-state index contributed by atoms with van der Waals surface area (Å²) in [5, 5.41) is 22.8. The zero-order valence-corrected chi connectivity index (χ0v) is 18.4. The van der Waals surface area contributed by atoms with Crippen LogP contribution in [0.15, 0.2) is 53.8 Å². The minimum Gasteiger partial charge on any atom is -0.507 e. The monoisotopic (exact) mass is 408 g/mol. The Balaban J connectivity index is 1.71. The van der Waals surface area contributed by atoms with Gasteiger partial charge in [0, 0.05) is 35.1 Å². The molecule has 1 aliphatic heterocycles. The highest BCUT2D eigenvalue weighted by Gasteiger charge is 2.42. The zero-order chi connectivity index (χ0) is 22.1. The number of benzene rings is 1. The van der Waals surface area contributed by atoms with Crippen LogP contribution >= 0.6 is 0 Å². The normalized spacial score (nSPS) is 20.0. The van der Waals surface area contributed by atoms with Crippen molar-refractivity contribution in [3.05, 3.63) is 54.4 Å². The van der Waals surface area contributed by atoms with Crippen LogP contribution in [0, 0.1) is 5.41 Å². The van der Waals surface area contributed by atoms with Gasteiger partial charge in [0.05, 0.1) is 17.4 Å². The molecule has 1 fully saturated rings. The zero-order valence-electron chi connectivity index (χ0n) is 18.4. The largest absolute Gasteiger partial charge is 0.507 e. The van der Waals surface area contributed by atoms with Gasteiger partial charge in [0.2, 0.25) is 0 Å². The number of phenols is 1. The SMILES string of the molecule is CN1C(C)(C)CC(N=C(N)/C=C\C(=N)c2ccc(-n3cccn3)cc2O)CC1(C)C. The predicted octanol–water partition coefficient (Wildman–Crippen LogP) is 3.51. The van der Waals surface area contributed by atoms with Crippen molar-refractivity contribution in [3.8, 4) is 11.4 Å². The van der Waals surface area contributed by atoms with Gasteiger partial charge in [0.25, 0.3) is 0 Å². The number of piperidine rings is 1. The fourth-order valence-electron chi connectivity index (χ4n) is 4.23. The molecule has 0 atom stereocenters. The van der Waals surface area contributed by atoms with E-state index in [9.17, 15) is 5.11 Å². The number of aliphatic imine (C=N–C) groups is 1. The average Bonchev–Trinajstić information content (AvgIpc) is 3.18. The highest BCUT2D eigenvalue weighted by atomic mass is 16.3. The number of aromatic nitrogens is 2. The maximum Gasteiger partial charge on any atom is 0.127 e. The van der Waals surface area contributed by atoms with Gasteiger partial charge in [0.1, 0.15) is 11.6 Å². The third-order valence-corrected chi connectivity index (χ3v) is 6.08. The lowest BCUT2D eigenvalue weighted by atomic mass is 9.78. The number of likely N-dealkylation sites (tertiary alicyclic amines) is 1. The molecular formula is C23H32N6O. The van der Waals surface area contributed by atoms with Crippen molar-refractivity contribution >= 4 is 11.5 Å². The Kier molecular flexibility index (Phi) is 5.85. The van der Waals surface area contributed by atoms with Crippen LogP contribution in [-0.4, -0.2) is 55.5 Å². The minimum atomic E-state index is 0.0203. The second-order valence-corrected chi connectivity index (χ2v) is 9.20. The fourth-order valence-corrected chi connectivity index (χ4v) is 4.23. The number of nitrogens with two attached hydrogens (primary N) is 1. The molecule has 0 spiro atoms. The van der Waals surface area contributed by atoms with Crippen molar-refractivity contribution in [1.29, 1.82) is 5.41 Å². The van der Waals surface area contributed by atoms with Crippen molar-refractivity contribution < 1.29 is 5.11 Å². The summed E-state index contributed by atoms with van der Waals surface area (Å²) in [5.41, 5.74) is 7.54. The van der Waals surface area contributed by atoms with Gasteiger partial charge in [-0.25, -0.2) is 4.68 Å². The molecule has 1 aromatic carbocycles. The summed E-state index contributed by atoms with van der Waals surface area (Å²) in [7, 11) is 2.16. The topological polar surface area (TPSA) is 104 Å². The molecule has 7 nitrogen and oxygen atoms in total. The first-order chi connectivity index (χ1) is 14.0. The summed E-state index contributed by atoms with van der Waals surface area (Å²) in [6, 6.07) is 7.04. The van der Waals surface area contributed by atoms with Gasteiger partial charge in [-0.3, -0.25) is 9.89 Å². The van der Waals surface area contributed by atoms with Gasteiger partial charge < -0.3 is 16.2 Å². The molecule has 0 aliphatic carbocycles. The van der Waals surface area contributed by atoms with Crippen LogP contribution in [0.5, 0.6) is 5.75 Å². The van der Waals surface area contributed by atoms with Crippen LogP contribution in [0.2, 0.25) is 0 Å². The summed E-state index contributed by atoms with van der Waals surface area (Å²) in [6.45, 7) is 8.92. The van der Waals surface area contributed by atoms with Crippen LogP contribution in [0.25, 0.3) is 5.69 Å². The molecule has 0 radical (unpaired) electrons. The van der Waals surface area contributed by atoms with E-state index in [4.69, 9.17) is 16.1 Å². The molecular weight excluding hydrogens is 376 g/mol. The van der Waals surface area contributed by atoms with Gasteiger partial charge in [-0.1, -0.05) is 0 Å². The van der Waals surface area contributed by atoms with Gasteiger partial charge in [-0.05, 0) is 77.9 Å². The standard InChI is InChI=1S/C23H32N6O/c1-22(2)14-16(15-23(3,4)28(22)5)27-21(25)10-9-19(24)18-8-7-17(13-20(18)30)29-12-6-11-26-29/h6-13,16,24,30H,14-15H2,1-5H3,(H2,25,27)/b10-9-,24-19?. The Morgan fingerprint density at radius 3 is 2.47 bits per heavy atom. The molecule has 0 bridgehead atoms. The first kappa shape index (κ1) is 21.8. The molecule has 4 N–H and O–H groups in total. The summed E-state index contributed by atoms with van der Waals surface area (Å²) in [5.74, 6) is 0.417. The Hall–Kier alpha value is -2.93. The number of rotatable bonds is 5. The Morgan fingerprint density at radius 1 is 1.23 bits per heavy atom. The molecule has 160 valence electrons. The molecule has 30 heavy (non-hydrogen) atoms. The van der Waals surface area contributed by atoms with Gasteiger partial charge in [0.15, 0.2) is 0 Å².